The first-order chi connectivity index (χ1) is 9.09. The summed E-state index contributed by atoms with van der Waals surface area (Å²) in [5, 5.41) is 12.0. The molecule has 1 saturated carbocycles. The number of carbonyl (C=O) groups is 1. The maximum atomic E-state index is 13.4. The van der Waals surface area contributed by atoms with Gasteiger partial charge in [0.2, 0.25) is 0 Å². The minimum atomic E-state index is -0.777. The van der Waals surface area contributed by atoms with E-state index in [0.29, 0.717) is 13.0 Å². The number of aliphatic carboxylic acids is 1. The molecule has 0 spiro atoms. The predicted octanol–water partition coefficient (Wildman–Crippen LogP) is 2.56. The molecule has 2 atom stereocenters. The summed E-state index contributed by atoms with van der Waals surface area (Å²) in [5.74, 6) is -2.21. The average molecular weight is 269 g/mol. The maximum Gasteiger partial charge on any atom is 0.306 e. The SMILES string of the molecule is O=C(O)C1CCCC1CNCc1c(F)cccc1F. The molecule has 1 aliphatic carbocycles. The maximum absolute atomic E-state index is 13.4. The Labute approximate surface area is 110 Å². The molecule has 2 unspecified atom stereocenters. The van der Waals surface area contributed by atoms with Crippen molar-refractivity contribution in [3.8, 4) is 0 Å². The normalized spacial score (nSPS) is 22.6. The molecule has 19 heavy (non-hydrogen) atoms. The molecule has 2 N–H and O–H groups in total. The second-order valence-electron chi connectivity index (χ2n) is 4.97. The Morgan fingerprint density at radius 1 is 1.32 bits per heavy atom. The van der Waals surface area contributed by atoms with Crippen LogP contribution in [0.1, 0.15) is 24.8 Å². The number of benzene rings is 1. The van der Waals surface area contributed by atoms with Gasteiger partial charge in [-0.15, -0.1) is 0 Å². The monoisotopic (exact) mass is 269 g/mol. The van der Waals surface area contributed by atoms with Gasteiger partial charge in [-0.1, -0.05) is 12.5 Å². The number of hydrogen-bond acceptors (Lipinski definition) is 2. The molecule has 0 aromatic heterocycles. The third kappa shape index (κ3) is 3.29. The molecule has 1 aromatic rings. The van der Waals surface area contributed by atoms with E-state index in [1.165, 1.54) is 18.2 Å². The van der Waals surface area contributed by atoms with Crippen molar-refractivity contribution in [2.45, 2.75) is 25.8 Å². The molecule has 2 rings (SSSR count). The topological polar surface area (TPSA) is 49.3 Å². The molecule has 0 radical (unpaired) electrons. The average Bonchev–Trinajstić information content (AvgIpc) is 2.81. The minimum absolute atomic E-state index is 0.00683. The fourth-order valence-corrected chi connectivity index (χ4v) is 2.69. The fraction of sp³-hybridized carbons (Fsp3) is 0.500. The van der Waals surface area contributed by atoms with Crippen LogP contribution >= 0.6 is 0 Å². The molecular formula is C14H17F2NO2. The largest absolute Gasteiger partial charge is 0.481 e. The van der Waals surface area contributed by atoms with Crippen molar-refractivity contribution in [3.05, 3.63) is 35.4 Å². The van der Waals surface area contributed by atoms with Crippen molar-refractivity contribution >= 4 is 5.97 Å². The van der Waals surface area contributed by atoms with Crippen LogP contribution in [0.15, 0.2) is 18.2 Å². The fourth-order valence-electron chi connectivity index (χ4n) is 2.69. The highest BCUT2D eigenvalue weighted by Gasteiger charge is 2.32. The van der Waals surface area contributed by atoms with E-state index in [1.807, 2.05) is 0 Å². The van der Waals surface area contributed by atoms with Crippen LogP contribution in [0.2, 0.25) is 0 Å². The van der Waals surface area contributed by atoms with Crippen LogP contribution in [-0.2, 0) is 11.3 Å². The highest BCUT2D eigenvalue weighted by molar-refractivity contribution is 5.70. The van der Waals surface area contributed by atoms with Gasteiger partial charge in [0.1, 0.15) is 11.6 Å². The van der Waals surface area contributed by atoms with E-state index in [9.17, 15) is 13.6 Å². The van der Waals surface area contributed by atoms with Crippen molar-refractivity contribution in [1.82, 2.24) is 5.32 Å². The Bertz CT molecular complexity index is 445. The highest BCUT2D eigenvalue weighted by atomic mass is 19.1. The molecule has 0 amide bonds. The first kappa shape index (κ1) is 13.9. The molecule has 0 bridgehead atoms. The molecule has 0 saturated heterocycles. The summed E-state index contributed by atoms with van der Waals surface area (Å²) in [5.41, 5.74) is 0.00683. The van der Waals surface area contributed by atoms with Crippen LogP contribution in [-0.4, -0.2) is 17.6 Å². The van der Waals surface area contributed by atoms with E-state index < -0.39 is 17.6 Å². The van der Waals surface area contributed by atoms with Crippen LogP contribution in [0, 0.1) is 23.5 Å². The third-order valence-electron chi connectivity index (χ3n) is 3.75. The lowest BCUT2D eigenvalue weighted by Gasteiger charge is -2.16. The van der Waals surface area contributed by atoms with Gasteiger partial charge < -0.3 is 10.4 Å². The van der Waals surface area contributed by atoms with Crippen LogP contribution < -0.4 is 5.32 Å². The van der Waals surface area contributed by atoms with Gasteiger partial charge in [-0.25, -0.2) is 8.78 Å². The van der Waals surface area contributed by atoms with Crippen LogP contribution in [0.5, 0.6) is 0 Å². The third-order valence-corrected chi connectivity index (χ3v) is 3.75. The van der Waals surface area contributed by atoms with Crippen LogP contribution in [0.3, 0.4) is 0 Å². The Hall–Kier alpha value is -1.49. The van der Waals surface area contributed by atoms with Gasteiger partial charge in [0, 0.05) is 12.1 Å². The molecule has 1 aromatic carbocycles. The van der Waals surface area contributed by atoms with Gasteiger partial charge in [-0.05, 0) is 37.4 Å². The lowest BCUT2D eigenvalue weighted by molar-refractivity contribution is -0.142. The van der Waals surface area contributed by atoms with Gasteiger partial charge in [0.15, 0.2) is 0 Å². The van der Waals surface area contributed by atoms with Crippen molar-refractivity contribution in [1.29, 1.82) is 0 Å². The lowest BCUT2D eigenvalue weighted by atomic mass is 9.96. The van der Waals surface area contributed by atoms with E-state index in [4.69, 9.17) is 5.11 Å². The van der Waals surface area contributed by atoms with E-state index in [-0.39, 0.29) is 23.9 Å². The van der Waals surface area contributed by atoms with E-state index in [0.717, 1.165) is 12.8 Å². The van der Waals surface area contributed by atoms with Crippen molar-refractivity contribution < 1.29 is 18.7 Å². The van der Waals surface area contributed by atoms with Crippen molar-refractivity contribution in [2.24, 2.45) is 11.8 Å². The number of carboxylic acids is 1. The molecule has 5 heteroatoms. The van der Waals surface area contributed by atoms with E-state index in [2.05, 4.69) is 5.32 Å². The molecule has 3 nitrogen and oxygen atoms in total. The number of carboxylic acid groups (broad SMARTS) is 1. The molecular weight excluding hydrogens is 252 g/mol. The summed E-state index contributed by atoms with van der Waals surface area (Å²) >= 11 is 0. The van der Waals surface area contributed by atoms with Gasteiger partial charge >= 0.3 is 5.97 Å². The van der Waals surface area contributed by atoms with Crippen molar-refractivity contribution in [3.63, 3.8) is 0 Å². The first-order valence-electron chi connectivity index (χ1n) is 6.46. The second-order valence-corrected chi connectivity index (χ2v) is 4.97. The number of halogens is 2. The van der Waals surface area contributed by atoms with Gasteiger partial charge in [-0.3, -0.25) is 4.79 Å². The molecule has 1 fully saturated rings. The predicted molar refractivity (Wildman–Crippen MR) is 66.5 cm³/mol. The molecule has 1 aliphatic rings. The number of hydrogen-bond donors (Lipinski definition) is 2. The molecule has 0 heterocycles. The van der Waals surface area contributed by atoms with E-state index >= 15 is 0 Å². The Morgan fingerprint density at radius 2 is 2.00 bits per heavy atom. The summed E-state index contributed by atoms with van der Waals surface area (Å²) in [6.07, 6.45) is 2.44. The van der Waals surface area contributed by atoms with Gasteiger partial charge in [-0.2, -0.15) is 0 Å². The number of nitrogens with one attached hydrogen (secondary N) is 1. The molecule has 0 aliphatic heterocycles. The summed E-state index contributed by atoms with van der Waals surface area (Å²) in [6, 6.07) is 3.76. The zero-order valence-electron chi connectivity index (χ0n) is 10.5. The molecule has 104 valence electrons. The zero-order chi connectivity index (χ0) is 13.8. The number of rotatable bonds is 5. The minimum Gasteiger partial charge on any atom is -0.481 e. The lowest BCUT2D eigenvalue weighted by Crippen LogP contribution is -2.29. The Morgan fingerprint density at radius 3 is 2.63 bits per heavy atom. The van der Waals surface area contributed by atoms with E-state index in [1.54, 1.807) is 0 Å². The quantitative estimate of drug-likeness (QED) is 0.863. The van der Waals surface area contributed by atoms with Crippen LogP contribution in [0.25, 0.3) is 0 Å². The Balaban J connectivity index is 1.88. The van der Waals surface area contributed by atoms with Gasteiger partial charge in [0.05, 0.1) is 5.92 Å². The summed E-state index contributed by atoms with van der Waals surface area (Å²) < 4.78 is 26.8. The summed E-state index contributed by atoms with van der Waals surface area (Å²) in [6.45, 7) is 0.562. The highest BCUT2D eigenvalue weighted by Crippen LogP contribution is 2.31. The smallest absolute Gasteiger partial charge is 0.306 e. The zero-order valence-corrected chi connectivity index (χ0v) is 10.5. The Kier molecular flexibility index (Phi) is 4.47. The first-order valence-corrected chi connectivity index (χ1v) is 6.46. The summed E-state index contributed by atoms with van der Waals surface area (Å²) in [4.78, 5) is 11.0. The second kappa shape index (κ2) is 6.10. The standard InChI is InChI=1S/C14H17F2NO2/c15-12-5-2-6-13(16)11(12)8-17-7-9-3-1-4-10(9)14(18)19/h2,5-6,9-10,17H,1,3-4,7-8H2,(H,18,19). The van der Waals surface area contributed by atoms with Gasteiger partial charge in [0.25, 0.3) is 0 Å². The van der Waals surface area contributed by atoms with Crippen molar-refractivity contribution in [2.75, 3.05) is 6.54 Å². The summed E-state index contributed by atoms with van der Waals surface area (Å²) in [7, 11) is 0. The van der Waals surface area contributed by atoms with Crippen LogP contribution in [0.4, 0.5) is 8.78 Å².